The average molecular weight is 348 g/mol. The number of tetrazole rings is 1. The van der Waals surface area contributed by atoms with Crippen molar-refractivity contribution in [3.63, 3.8) is 0 Å². The highest BCUT2D eigenvalue weighted by molar-refractivity contribution is 8.00. The van der Waals surface area contributed by atoms with Gasteiger partial charge in [-0.3, -0.25) is 4.79 Å². The van der Waals surface area contributed by atoms with E-state index in [1.165, 1.54) is 11.8 Å². The van der Waals surface area contributed by atoms with Crippen molar-refractivity contribution in [2.24, 2.45) is 7.05 Å². The van der Waals surface area contributed by atoms with E-state index in [1.807, 2.05) is 31.2 Å². The minimum Gasteiger partial charge on any atom is -0.378 e. The third-order valence-electron chi connectivity index (χ3n) is 3.74. The van der Waals surface area contributed by atoms with Gasteiger partial charge in [0.1, 0.15) is 0 Å². The van der Waals surface area contributed by atoms with Crippen molar-refractivity contribution < 1.29 is 9.53 Å². The van der Waals surface area contributed by atoms with Crippen LogP contribution in [0.15, 0.2) is 29.4 Å². The summed E-state index contributed by atoms with van der Waals surface area (Å²) in [6.45, 7) is 5.13. The third-order valence-corrected chi connectivity index (χ3v) is 4.87. The zero-order chi connectivity index (χ0) is 16.9. The fraction of sp³-hybridized carbons (Fsp3) is 0.467. The number of carbonyl (C=O) groups excluding carboxylic acids is 1. The van der Waals surface area contributed by atoms with Crippen LogP contribution in [0.2, 0.25) is 0 Å². The van der Waals surface area contributed by atoms with Gasteiger partial charge >= 0.3 is 0 Å². The molecule has 2 aromatic rings. The number of anilines is 2. The fourth-order valence-corrected chi connectivity index (χ4v) is 3.11. The first-order valence-electron chi connectivity index (χ1n) is 7.76. The topological polar surface area (TPSA) is 85.2 Å². The second-order valence-electron chi connectivity index (χ2n) is 5.48. The van der Waals surface area contributed by atoms with Crippen LogP contribution in [0, 0.1) is 0 Å². The van der Waals surface area contributed by atoms with E-state index in [9.17, 15) is 4.79 Å². The van der Waals surface area contributed by atoms with E-state index in [0.717, 1.165) is 37.7 Å². The summed E-state index contributed by atoms with van der Waals surface area (Å²) in [5.41, 5.74) is 1.92. The molecular weight excluding hydrogens is 328 g/mol. The van der Waals surface area contributed by atoms with Crippen LogP contribution in [0.25, 0.3) is 0 Å². The van der Waals surface area contributed by atoms with Crippen LogP contribution in [-0.2, 0) is 16.6 Å². The largest absolute Gasteiger partial charge is 0.378 e. The summed E-state index contributed by atoms with van der Waals surface area (Å²) >= 11 is 1.32. The van der Waals surface area contributed by atoms with E-state index in [4.69, 9.17) is 4.74 Å². The van der Waals surface area contributed by atoms with E-state index in [-0.39, 0.29) is 11.2 Å². The molecule has 128 valence electrons. The lowest BCUT2D eigenvalue weighted by Gasteiger charge is -2.28. The SMILES string of the molecule is C[C@H](Sc1nnnn1C)C(=O)Nc1ccc(N2CCOCC2)cc1. The summed E-state index contributed by atoms with van der Waals surface area (Å²) in [5, 5.41) is 14.4. The summed E-state index contributed by atoms with van der Waals surface area (Å²) in [5.74, 6) is -0.0814. The Morgan fingerprint density at radius 1 is 1.29 bits per heavy atom. The highest BCUT2D eigenvalue weighted by atomic mass is 32.2. The van der Waals surface area contributed by atoms with Gasteiger partial charge in [-0.1, -0.05) is 11.8 Å². The Balaban J connectivity index is 1.56. The molecule has 1 aliphatic rings. The normalized spacial score (nSPS) is 16.0. The van der Waals surface area contributed by atoms with Gasteiger partial charge in [0.2, 0.25) is 11.1 Å². The second kappa shape index (κ2) is 7.63. The lowest BCUT2D eigenvalue weighted by atomic mass is 10.2. The number of thioether (sulfide) groups is 1. The number of benzene rings is 1. The van der Waals surface area contributed by atoms with Crippen molar-refractivity contribution in [3.8, 4) is 0 Å². The summed E-state index contributed by atoms with van der Waals surface area (Å²) < 4.78 is 6.91. The Morgan fingerprint density at radius 3 is 2.62 bits per heavy atom. The number of nitrogens with zero attached hydrogens (tertiary/aromatic N) is 5. The zero-order valence-electron chi connectivity index (χ0n) is 13.7. The number of morpholine rings is 1. The van der Waals surface area contributed by atoms with Crippen molar-refractivity contribution in [1.82, 2.24) is 20.2 Å². The molecule has 0 saturated carbocycles. The Hall–Kier alpha value is -2.13. The van der Waals surface area contributed by atoms with Gasteiger partial charge < -0.3 is 15.0 Å². The van der Waals surface area contributed by atoms with Crippen LogP contribution in [0.3, 0.4) is 0 Å². The lowest BCUT2D eigenvalue weighted by Crippen LogP contribution is -2.36. The van der Waals surface area contributed by atoms with Crippen LogP contribution in [0.4, 0.5) is 11.4 Å². The molecule has 1 aliphatic heterocycles. The van der Waals surface area contributed by atoms with Gasteiger partial charge in [-0.05, 0) is 41.6 Å². The number of aromatic nitrogens is 4. The van der Waals surface area contributed by atoms with Crippen LogP contribution in [-0.4, -0.2) is 57.7 Å². The Labute approximate surface area is 144 Å². The quantitative estimate of drug-likeness (QED) is 0.812. The van der Waals surface area contributed by atoms with Crippen molar-refractivity contribution in [2.45, 2.75) is 17.3 Å². The first kappa shape index (κ1) is 16.7. The maximum atomic E-state index is 12.3. The predicted molar refractivity (Wildman–Crippen MR) is 92.2 cm³/mol. The monoisotopic (exact) mass is 348 g/mol. The van der Waals surface area contributed by atoms with Crippen molar-refractivity contribution in [2.75, 3.05) is 36.5 Å². The molecule has 1 N–H and O–H groups in total. The van der Waals surface area contributed by atoms with Crippen LogP contribution >= 0.6 is 11.8 Å². The lowest BCUT2D eigenvalue weighted by molar-refractivity contribution is -0.115. The molecule has 1 aromatic heterocycles. The van der Waals surface area contributed by atoms with Crippen molar-refractivity contribution in [1.29, 1.82) is 0 Å². The number of carbonyl (C=O) groups is 1. The molecule has 0 bridgehead atoms. The summed E-state index contributed by atoms with van der Waals surface area (Å²) in [4.78, 5) is 14.6. The van der Waals surface area contributed by atoms with Crippen LogP contribution < -0.4 is 10.2 Å². The number of hydrogen-bond donors (Lipinski definition) is 1. The predicted octanol–water partition coefficient (Wildman–Crippen LogP) is 1.17. The van der Waals surface area contributed by atoms with Gasteiger partial charge in [0, 0.05) is 31.5 Å². The smallest absolute Gasteiger partial charge is 0.237 e. The molecule has 0 aliphatic carbocycles. The first-order valence-corrected chi connectivity index (χ1v) is 8.64. The molecule has 0 unspecified atom stereocenters. The maximum absolute atomic E-state index is 12.3. The van der Waals surface area contributed by atoms with E-state index >= 15 is 0 Å². The van der Waals surface area contributed by atoms with Crippen LogP contribution in [0.5, 0.6) is 0 Å². The number of hydrogen-bond acceptors (Lipinski definition) is 7. The van der Waals surface area contributed by atoms with E-state index in [0.29, 0.717) is 5.16 Å². The first-order chi connectivity index (χ1) is 11.6. The van der Waals surface area contributed by atoms with Crippen molar-refractivity contribution >= 4 is 29.0 Å². The molecule has 1 atom stereocenters. The number of rotatable bonds is 5. The molecule has 0 radical (unpaired) electrons. The van der Waals surface area contributed by atoms with Gasteiger partial charge in [0.25, 0.3) is 0 Å². The Morgan fingerprint density at radius 2 is 2.00 bits per heavy atom. The zero-order valence-corrected chi connectivity index (χ0v) is 14.5. The molecule has 24 heavy (non-hydrogen) atoms. The molecule has 9 heteroatoms. The van der Waals surface area contributed by atoms with Gasteiger partial charge in [-0.15, -0.1) is 5.10 Å². The number of ether oxygens (including phenoxy) is 1. The number of aryl methyl sites for hydroxylation is 1. The van der Waals surface area contributed by atoms with Crippen molar-refractivity contribution in [3.05, 3.63) is 24.3 Å². The number of amides is 1. The standard InChI is InChI=1S/C15H20N6O2S/c1-11(24-15-17-18-19-20(15)2)14(22)16-12-3-5-13(6-4-12)21-7-9-23-10-8-21/h3-6,11H,7-10H2,1-2H3,(H,16,22)/t11-/m0/s1. The van der Waals surface area contributed by atoms with E-state index in [1.54, 1.807) is 11.7 Å². The summed E-state index contributed by atoms with van der Waals surface area (Å²) in [6.07, 6.45) is 0. The van der Waals surface area contributed by atoms with E-state index < -0.39 is 0 Å². The molecule has 8 nitrogen and oxygen atoms in total. The second-order valence-corrected chi connectivity index (χ2v) is 6.79. The maximum Gasteiger partial charge on any atom is 0.237 e. The molecule has 1 aromatic carbocycles. The molecule has 1 amide bonds. The molecule has 3 rings (SSSR count). The Kier molecular flexibility index (Phi) is 5.31. The minimum absolute atomic E-state index is 0.0814. The van der Waals surface area contributed by atoms with Gasteiger partial charge in [-0.2, -0.15) is 0 Å². The van der Waals surface area contributed by atoms with Crippen LogP contribution in [0.1, 0.15) is 6.92 Å². The molecule has 1 fully saturated rings. The van der Waals surface area contributed by atoms with E-state index in [2.05, 4.69) is 25.7 Å². The minimum atomic E-state index is -0.298. The molecule has 1 saturated heterocycles. The Bertz CT molecular complexity index is 684. The molecule has 2 heterocycles. The summed E-state index contributed by atoms with van der Waals surface area (Å²) in [6, 6.07) is 7.88. The van der Waals surface area contributed by atoms with Gasteiger partial charge in [-0.25, -0.2) is 4.68 Å². The highest BCUT2D eigenvalue weighted by Gasteiger charge is 2.18. The third kappa shape index (κ3) is 4.04. The summed E-state index contributed by atoms with van der Waals surface area (Å²) in [7, 11) is 1.75. The van der Waals surface area contributed by atoms with Gasteiger partial charge in [0.05, 0.1) is 18.5 Å². The van der Waals surface area contributed by atoms with Gasteiger partial charge in [0.15, 0.2) is 0 Å². The average Bonchev–Trinajstić information content (AvgIpc) is 3.01. The fourth-order valence-electron chi connectivity index (χ4n) is 2.35. The molecular formula is C15H20N6O2S. The highest BCUT2D eigenvalue weighted by Crippen LogP contribution is 2.22. The molecule has 0 spiro atoms. The number of nitrogens with one attached hydrogen (secondary N) is 1.